The molecule has 0 fully saturated rings. The van der Waals surface area contributed by atoms with Gasteiger partial charge in [-0.05, 0) is 55.5 Å². The molecule has 1 aromatic heterocycles. The van der Waals surface area contributed by atoms with Gasteiger partial charge in [-0.3, -0.25) is 14.6 Å². The Morgan fingerprint density at radius 3 is 2.62 bits per heavy atom. The normalized spacial score (nSPS) is 16.0. The van der Waals surface area contributed by atoms with E-state index in [1.165, 1.54) is 0 Å². The first-order valence-electron chi connectivity index (χ1n) is 12.6. The Balaban J connectivity index is 1.55. The Labute approximate surface area is 215 Å². The molecule has 0 saturated carbocycles. The highest BCUT2D eigenvalue weighted by molar-refractivity contribution is 6.07. The van der Waals surface area contributed by atoms with Crippen molar-refractivity contribution < 1.29 is 19.5 Å². The van der Waals surface area contributed by atoms with E-state index in [2.05, 4.69) is 20.6 Å². The quantitative estimate of drug-likeness (QED) is 0.426. The number of benzene rings is 1. The number of nitrogens with zero attached hydrogens (tertiary/aromatic N) is 3. The highest BCUT2D eigenvalue weighted by atomic mass is 16.4. The summed E-state index contributed by atoms with van der Waals surface area (Å²) in [5.41, 5.74) is 10.4. The number of nitrogens with two attached hydrogens (primary N) is 1. The van der Waals surface area contributed by atoms with Gasteiger partial charge in [-0.25, -0.2) is 9.79 Å². The first-order chi connectivity index (χ1) is 17.8. The summed E-state index contributed by atoms with van der Waals surface area (Å²) in [5.74, 6) is -0.0966. The third-order valence-electron chi connectivity index (χ3n) is 6.41. The molecular formula is C27H32N6O4. The molecule has 4 rings (SSSR count). The number of hydrogen-bond donors (Lipinski definition) is 4. The third-order valence-corrected chi connectivity index (χ3v) is 6.41. The van der Waals surface area contributed by atoms with E-state index in [1.54, 1.807) is 36.5 Å². The largest absolute Gasteiger partial charge is 0.465 e. The molecule has 194 valence electrons. The van der Waals surface area contributed by atoms with Crippen LogP contribution in [-0.4, -0.2) is 51.8 Å². The Bertz CT molecular complexity index is 1280. The Morgan fingerprint density at radius 1 is 1.16 bits per heavy atom. The molecule has 2 aromatic rings. The lowest BCUT2D eigenvalue weighted by molar-refractivity contribution is -0.127. The number of carbonyl (C=O) groups excluding carboxylic acids is 2. The molecule has 1 aliphatic heterocycles. The summed E-state index contributed by atoms with van der Waals surface area (Å²) in [7, 11) is 0. The summed E-state index contributed by atoms with van der Waals surface area (Å²) >= 11 is 0. The third kappa shape index (κ3) is 5.96. The first kappa shape index (κ1) is 25.9. The number of amides is 3. The Morgan fingerprint density at radius 2 is 1.92 bits per heavy atom. The topological polar surface area (TPSA) is 150 Å². The van der Waals surface area contributed by atoms with E-state index in [9.17, 15) is 14.4 Å². The number of aliphatic imine (C=N–C) groups is 1. The van der Waals surface area contributed by atoms with Crippen molar-refractivity contribution in [1.29, 1.82) is 0 Å². The summed E-state index contributed by atoms with van der Waals surface area (Å²) in [6.45, 7) is 5.44. The van der Waals surface area contributed by atoms with Gasteiger partial charge in [0.05, 0.1) is 23.6 Å². The number of hydrogen-bond acceptors (Lipinski definition) is 6. The zero-order valence-corrected chi connectivity index (χ0v) is 21.1. The maximum atomic E-state index is 13.2. The fraction of sp³-hybridized carbons (Fsp3) is 0.370. The molecule has 1 atom stereocenters. The van der Waals surface area contributed by atoms with Crippen LogP contribution in [0.4, 0.5) is 16.2 Å². The molecule has 37 heavy (non-hydrogen) atoms. The van der Waals surface area contributed by atoms with E-state index in [1.807, 2.05) is 18.7 Å². The van der Waals surface area contributed by atoms with Gasteiger partial charge in [-0.2, -0.15) is 0 Å². The van der Waals surface area contributed by atoms with Crippen LogP contribution in [-0.2, 0) is 11.2 Å². The fourth-order valence-corrected chi connectivity index (χ4v) is 4.75. The van der Waals surface area contributed by atoms with Crippen LogP contribution < -0.4 is 16.4 Å². The predicted molar refractivity (Wildman–Crippen MR) is 142 cm³/mol. The molecule has 0 spiro atoms. The number of aryl methyl sites for hydroxylation is 1. The van der Waals surface area contributed by atoms with Crippen LogP contribution in [0, 0.1) is 0 Å². The van der Waals surface area contributed by atoms with Gasteiger partial charge in [-0.15, -0.1) is 0 Å². The van der Waals surface area contributed by atoms with E-state index in [0.29, 0.717) is 54.3 Å². The SMILES string of the molecule is CCCN(CCC)C(=O)C1=Cc2ccc(C(=O)Nc3cnc4c(c3)C(NC(=O)O)CC4)cc2N=C(N)C1. The van der Waals surface area contributed by atoms with Gasteiger partial charge in [0.15, 0.2) is 0 Å². The average Bonchev–Trinajstić information content (AvgIpc) is 3.15. The molecule has 1 aliphatic carbocycles. The maximum Gasteiger partial charge on any atom is 0.405 e. The second kappa shape index (κ2) is 11.2. The minimum absolute atomic E-state index is 0.0451. The second-order valence-electron chi connectivity index (χ2n) is 9.27. The van der Waals surface area contributed by atoms with Gasteiger partial charge in [0.2, 0.25) is 5.91 Å². The lowest BCUT2D eigenvalue weighted by Crippen LogP contribution is -2.34. The number of rotatable bonds is 8. The zero-order chi connectivity index (χ0) is 26.5. The molecule has 2 heterocycles. The highest BCUT2D eigenvalue weighted by Crippen LogP contribution is 2.32. The average molecular weight is 505 g/mol. The zero-order valence-electron chi connectivity index (χ0n) is 21.1. The standard InChI is InChI=1S/C27H32N6O4/c1-3-9-33(10-4-2)26(35)18-11-16-5-6-17(12-23(16)31-24(28)13-18)25(34)30-19-14-20-21(29-15-19)7-8-22(20)32-27(36)37/h5-6,11-12,14-15,22,32H,3-4,7-10,13H2,1-2H3,(H2,28,31)(H,30,34)(H,36,37). The van der Waals surface area contributed by atoms with Crippen molar-refractivity contribution in [3.05, 3.63) is 58.4 Å². The minimum Gasteiger partial charge on any atom is -0.465 e. The van der Waals surface area contributed by atoms with Gasteiger partial charge in [0, 0.05) is 41.9 Å². The number of amidine groups is 1. The summed E-state index contributed by atoms with van der Waals surface area (Å²) in [4.78, 5) is 48.0. The molecular weight excluding hydrogens is 472 g/mol. The highest BCUT2D eigenvalue weighted by Gasteiger charge is 2.26. The van der Waals surface area contributed by atoms with Crippen LogP contribution in [0.2, 0.25) is 0 Å². The van der Waals surface area contributed by atoms with Gasteiger partial charge in [-0.1, -0.05) is 19.9 Å². The maximum absolute atomic E-state index is 13.2. The van der Waals surface area contributed by atoms with E-state index >= 15 is 0 Å². The predicted octanol–water partition coefficient (Wildman–Crippen LogP) is 4.01. The van der Waals surface area contributed by atoms with Crippen LogP contribution in [0.15, 0.2) is 41.0 Å². The summed E-state index contributed by atoms with van der Waals surface area (Å²) < 4.78 is 0. The summed E-state index contributed by atoms with van der Waals surface area (Å²) in [6.07, 6.45) is 5.56. The summed E-state index contributed by atoms with van der Waals surface area (Å²) in [5, 5.41) is 14.4. The second-order valence-corrected chi connectivity index (χ2v) is 9.27. The molecule has 2 aliphatic rings. The lowest BCUT2D eigenvalue weighted by Gasteiger charge is -2.22. The molecule has 0 saturated heterocycles. The molecule has 0 bridgehead atoms. The molecule has 10 heteroatoms. The lowest BCUT2D eigenvalue weighted by atomic mass is 10.0. The van der Waals surface area contributed by atoms with Crippen LogP contribution in [0.25, 0.3) is 6.08 Å². The Kier molecular flexibility index (Phi) is 7.86. The van der Waals surface area contributed by atoms with E-state index in [4.69, 9.17) is 10.8 Å². The molecule has 5 N–H and O–H groups in total. The molecule has 1 aromatic carbocycles. The van der Waals surface area contributed by atoms with Crippen LogP contribution in [0.3, 0.4) is 0 Å². The first-order valence-corrected chi connectivity index (χ1v) is 12.6. The molecule has 0 radical (unpaired) electrons. The van der Waals surface area contributed by atoms with Crippen molar-refractivity contribution in [2.75, 3.05) is 18.4 Å². The van der Waals surface area contributed by atoms with Crippen molar-refractivity contribution in [3.8, 4) is 0 Å². The number of anilines is 1. The smallest absolute Gasteiger partial charge is 0.405 e. The monoisotopic (exact) mass is 504 g/mol. The Hall–Kier alpha value is -4.21. The van der Waals surface area contributed by atoms with Crippen LogP contribution >= 0.6 is 0 Å². The number of fused-ring (bicyclic) bond motifs is 2. The van der Waals surface area contributed by atoms with Crippen molar-refractivity contribution >= 4 is 41.2 Å². The molecule has 3 amide bonds. The number of aromatic nitrogens is 1. The van der Waals surface area contributed by atoms with Crippen molar-refractivity contribution in [2.24, 2.45) is 10.7 Å². The fourth-order valence-electron chi connectivity index (χ4n) is 4.75. The van der Waals surface area contributed by atoms with Gasteiger partial charge in [0.1, 0.15) is 5.84 Å². The van der Waals surface area contributed by atoms with Gasteiger partial charge in [0.25, 0.3) is 5.91 Å². The number of nitrogens with one attached hydrogen (secondary N) is 2. The van der Waals surface area contributed by atoms with E-state index in [0.717, 1.165) is 29.7 Å². The minimum atomic E-state index is -1.10. The number of carbonyl (C=O) groups is 3. The van der Waals surface area contributed by atoms with Gasteiger partial charge < -0.3 is 26.4 Å². The van der Waals surface area contributed by atoms with E-state index < -0.39 is 6.09 Å². The number of pyridine rings is 1. The van der Waals surface area contributed by atoms with Crippen molar-refractivity contribution in [1.82, 2.24) is 15.2 Å². The van der Waals surface area contributed by atoms with Crippen molar-refractivity contribution in [2.45, 2.75) is 52.0 Å². The van der Waals surface area contributed by atoms with Crippen LogP contribution in [0.5, 0.6) is 0 Å². The van der Waals surface area contributed by atoms with Crippen LogP contribution in [0.1, 0.15) is 72.8 Å². The number of carboxylic acid groups (broad SMARTS) is 1. The van der Waals surface area contributed by atoms with Gasteiger partial charge >= 0.3 is 6.09 Å². The molecule has 10 nitrogen and oxygen atoms in total. The van der Waals surface area contributed by atoms with Crippen molar-refractivity contribution in [3.63, 3.8) is 0 Å². The van der Waals surface area contributed by atoms with E-state index in [-0.39, 0.29) is 24.3 Å². The summed E-state index contributed by atoms with van der Waals surface area (Å²) in [6, 6.07) is 6.49. The molecule has 1 unspecified atom stereocenters.